The number of nitrogens with one attached hydrogen (secondary N) is 1. The van der Waals surface area contributed by atoms with E-state index in [4.69, 9.17) is 0 Å². The highest BCUT2D eigenvalue weighted by Gasteiger charge is 2.30. The van der Waals surface area contributed by atoms with Crippen molar-refractivity contribution >= 4 is 21.6 Å². The van der Waals surface area contributed by atoms with Crippen LogP contribution in [0.3, 0.4) is 0 Å². The van der Waals surface area contributed by atoms with E-state index in [9.17, 15) is 23.3 Å². The van der Waals surface area contributed by atoms with Crippen molar-refractivity contribution < 1.29 is 18.1 Å². The number of carbonyl (C=O) groups excluding carboxylic acids is 1. The van der Waals surface area contributed by atoms with Crippen molar-refractivity contribution in [3.8, 4) is 0 Å². The lowest BCUT2D eigenvalue weighted by atomic mass is 10.1. The second-order valence-corrected chi connectivity index (χ2v) is 8.20. The molecule has 1 atom stereocenters. The Bertz CT molecular complexity index is 929. The van der Waals surface area contributed by atoms with Crippen LogP contribution in [0.1, 0.15) is 12.0 Å². The van der Waals surface area contributed by atoms with Crippen molar-refractivity contribution in [3.05, 3.63) is 70.3 Å². The SMILES string of the molecule is O=C1CC(CNS(=O)(=O)c2ccc([N+](=O)[O-])cc2)CN1Cc1ccccc1. The molecule has 0 spiro atoms. The Hall–Kier alpha value is -2.78. The molecule has 3 rings (SSSR count). The van der Waals surface area contributed by atoms with Crippen LogP contribution in [0.4, 0.5) is 5.69 Å². The Morgan fingerprint density at radius 1 is 1.11 bits per heavy atom. The molecule has 8 nitrogen and oxygen atoms in total. The summed E-state index contributed by atoms with van der Waals surface area (Å²) < 4.78 is 27.2. The number of hydrogen-bond donors (Lipinski definition) is 1. The molecule has 2 aromatic carbocycles. The summed E-state index contributed by atoms with van der Waals surface area (Å²) in [6, 6.07) is 14.3. The van der Waals surface area contributed by atoms with Gasteiger partial charge in [-0.05, 0) is 23.6 Å². The first-order valence-electron chi connectivity index (χ1n) is 8.41. The van der Waals surface area contributed by atoms with Crippen LogP contribution in [0.15, 0.2) is 59.5 Å². The average molecular weight is 389 g/mol. The number of amides is 1. The minimum absolute atomic E-state index is 0.00149. The fourth-order valence-electron chi connectivity index (χ4n) is 3.01. The Morgan fingerprint density at radius 3 is 2.41 bits per heavy atom. The molecule has 1 N–H and O–H groups in total. The van der Waals surface area contributed by atoms with Gasteiger partial charge in [0.05, 0.1) is 9.82 Å². The molecule has 9 heteroatoms. The number of nitro benzene ring substituents is 1. The number of nitrogens with zero attached hydrogens (tertiary/aromatic N) is 2. The number of non-ortho nitro benzene ring substituents is 1. The Labute approximate surface area is 157 Å². The summed E-state index contributed by atoms with van der Waals surface area (Å²) in [5.74, 6) is -0.118. The molecule has 1 aliphatic heterocycles. The molecular formula is C18H19N3O5S. The van der Waals surface area contributed by atoms with Gasteiger partial charge < -0.3 is 4.90 Å². The maximum Gasteiger partial charge on any atom is 0.269 e. The van der Waals surface area contributed by atoms with Crippen LogP contribution in [-0.4, -0.2) is 37.2 Å². The van der Waals surface area contributed by atoms with Gasteiger partial charge in [-0.3, -0.25) is 14.9 Å². The summed E-state index contributed by atoms with van der Waals surface area (Å²) in [6.45, 7) is 1.12. The van der Waals surface area contributed by atoms with E-state index in [0.29, 0.717) is 13.1 Å². The molecule has 1 saturated heterocycles. The molecule has 0 saturated carbocycles. The van der Waals surface area contributed by atoms with Crippen molar-refractivity contribution in [3.63, 3.8) is 0 Å². The fourth-order valence-corrected chi connectivity index (χ4v) is 4.12. The van der Waals surface area contributed by atoms with Gasteiger partial charge in [-0.1, -0.05) is 30.3 Å². The first-order valence-corrected chi connectivity index (χ1v) is 9.89. The summed E-state index contributed by atoms with van der Waals surface area (Å²) in [6.07, 6.45) is 0.287. The summed E-state index contributed by atoms with van der Waals surface area (Å²) in [4.78, 5) is 23.9. The average Bonchev–Trinajstić information content (AvgIpc) is 3.01. The lowest BCUT2D eigenvalue weighted by Gasteiger charge is -2.17. The van der Waals surface area contributed by atoms with Crippen LogP contribution in [0, 0.1) is 16.0 Å². The predicted octanol–water partition coefficient (Wildman–Crippen LogP) is 1.92. The highest BCUT2D eigenvalue weighted by molar-refractivity contribution is 7.89. The predicted molar refractivity (Wildman–Crippen MR) is 98.3 cm³/mol. The van der Waals surface area contributed by atoms with Crippen LogP contribution < -0.4 is 4.72 Å². The second-order valence-electron chi connectivity index (χ2n) is 6.43. The highest BCUT2D eigenvalue weighted by atomic mass is 32.2. The van der Waals surface area contributed by atoms with Gasteiger partial charge in [-0.2, -0.15) is 0 Å². The molecule has 0 bridgehead atoms. The zero-order chi connectivity index (χ0) is 19.4. The van der Waals surface area contributed by atoms with Gasteiger partial charge >= 0.3 is 0 Å². The first-order chi connectivity index (χ1) is 12.8. The van der Waals surface area contributed by atoms with E-state index in [1.54, 1.807) is 4.90 Å². The summed E-state index contributed by atoms with van der Waals surface area (Å²) in [7, 11) is -3.79. The molecule has 1 aliphatic rings. The molecular weight excluding hydrogens is 370 g/mol. The maximum absolute atomic E-state index is 12.3. The standard InChI is InChI=1S/C18H19N3O5S/c22-18-10-15(13-20(18)12-14-4-2-1-3-5-14)11-19-27(25,26)17-8-6-16(7-9-17)21(23)24/h1-9,15,19H,10-13H2. The number of rotatable bonds is 7. The number of hydrogen-bond acceptors (Lipinski definition) is 5. The van der Waals surface area contributed by atoms with Crippen LogP contribution in [0.25, 0.3) is 0 Å². The number of sulfonamides is 1. The van der Waals surface area contributed by atoms with Crippen molar-refractivity contribution in [2.75, 3.05) is 13.1 Å². The molecule has 1 unspecified atom stereocenters. The number of nitro groups is 1. The second kappa shape index (κ2) is 7.85. The first kappa shape index (κ1) is 19.0. The minimum Gasteiger partial charge on any atom is -0.338 e. The summed E-state index contributed by atoms with van der Waals surface area (Å²) in [5, 5.41) is 10.7. The van der Waals surface area contributed by atoms with Crippen molar-refractivity contribution in [1.29, 1.82) is 0 Å². The lowest BCUT2D eigenvalue weighted by molar-refractivity contribution is -0.384. The molecule has 1 amide bonds. The Balaban J connectivity index is 1.58. The van der Waals surface area contributed by atoms with Gasteiger partial charge in [0.2, 0.25) is 15.9 Å². The Morgan fingerprint density at radius 2 is 1.78 bits per heavy atom. The maximum atomic E-state index is 12.3. The van der Waals surface area contributed by atoms with Crippen LogP contribution in [0.2, 0.25) is 0 Å². The number of likely N-dealkylation sites (tertiary alicyclic amines) is 1. The molecule has 2 aromatic rings. The Kier molecular flexibility index (Phi) is 5.52. The zero-order valence-electron chi connectivity index (χ0n) is 14.4. The third kappa shape index (κ3) is 4.69. The zero-order valence-corrected chi connectivity index (χ0v) is 15.3. The third-order valence-corrected chi connectivity index (χ3v) is 5.87. The quantitative estimate of drug-likeness (QED) is 0.575. The lowest BCUT2D eigenvalue weighted by Crippen LogP contribution is -2.31. The summed E-state index contributed by atoms with van der Waals surface area (Å²) in [5.41, 5.74) is 0.852. The van der Waals surface area contributed by atoms with Gasteiger partial charge in [0, 0.05) is 38.2 Å². The van der Waals surface area contributed by atoms with E-state index in [-0.39, 0.29) is 35.4 Å². The van der Waals surface area contributed by atoms with E-state index in [1.165, 1.54) is 12.1 Å². The minimum atomic E-state index is -3.79. The van der Waals surface area contributed by atoms with Gasteiger partial charge in [0.15, 0.2) is 0 Å². The number of carbonyl (C=O) groups is 1. The van der Waals surface area contributed by atoms with Crippen molar-refractivity contribution in [2.45, 2.75) is 17.9 Å². The van der Waals surface area contributed by atoms with Gasteiger partial charge in [0.25, 0.3) is 5.69 Å². The molecule has 142 valence electrons. The third-order valence-electron chi connectivity index (χ3n) is 4.43. The fraction of sp³-hybridized carbons (Fsp3) is 0.278. The van der Waals surface area contributed by atoms with E-state index in [0.717, 1.165) is 17.7 Å². The van der Waals surface area contributed by atoms with Crippen molar-refractivity contribution in [1.82, 2.24) is 9.62 Å². The van der Waals surface area contributed by atoms with Gasteiger partial charge in [-0.15, -0.1) is 0 Å². The van der Waals surface area contributed by atoms with Crippen LogP contribution >= 0.6 is 0 Å². The van der Waals surface area contributed by atoms with Gasteiger partial charge in [0.1, 0.15) is 0 Å². The molecule has 0 aromatic heterocycles. The monoisotopic (exact) mass is 389 g/mol. The molecule has 0 aliphatic carbocycles. The van der Waals surface area contributed by atoms with E-state index < -0.39 is 14.9 Å². The number of benzene rings is 2. The van der Waals surface area contributed by atoms with Gasteiger partial charge in [-0.25, -0.2) is 13.1 Å². The highest BCUT2D eigenvalue weighted by Crippen LogP contribution is 2.21. The largest absolute Gasteiger partial charge is 0.338 e. The van der Waals surface area contributed by atoms with E-state index in [2.05, 4.69) is 4.72 Å². The molecule has 1 heterocycles. The molecule has 1 fully saturated rings. The topological polar surface area (TPSA) is 110 Å². The van der Waals surface area contributed by atoms with Crippen molar-refractivity contribution in [2.24, 2.45) is 5.92 Å². The van der Waals surface area contributed by atoms with E-state index >= 15 is 0 Å². The summed E-state index contributed by atoms with van der Waals surface area (Å²) >= 11 is 0. The van der Waals surface area contributed by atoms with E-state index in [1.807, 2.05) is 30.3 Å². The normalized spacial score (nSPS) is 17.3. The molecule has 27 heavy (non-hydrogen) atoms. The van der Waals surface area contributed by atoms with Crippen LogP contribution in [0.5, 0.6) is 0 Å². The molecule has 0 radical (unpaired) electrons. The smallest absolute Gasteiger partial charge is 0.269 e. The van der Waals surface area contributed by atoms with Crippen LogP contribution in [-0.2, 0) is 21.4 Å².